The summed E-state index contributed by atoms with van der Waals surface area (Å²) in [5.74, 6) is -0.100. The highest BCUT2D eigenvalue weighted by molar-refractivity contribution is 5.22. The Morgan fingerprint density at radius 2 is 1.94 bits per heavy atom. The third-order valence-electron chi connectivity index (χ3n) is 3.00. The van der Waals surface area contributed by atoms with E-state index in [0.29, 0.717) is 6.61 Å². The number of hydrogen-bond donors (Lipinski definition) is 0. The van der Waals surface area contributed by atoms with Gasteiger partial charge in [0.15, 0.2) is 0 Å². The van der Waals surface area contributed by atoms with Crippen LogP contribution in [0.2, 0.25) is 0 Å². The summed E-state index contributed by atoms with van der Waals surface area (Å²) in [6.45, 7) is 6.78. The molecule has 3 nitrogen and oxygen atoms in total. The highest BCUT2D eigenvalue weighted by Crippen LogP contribution is 2.39. The van der Waals surface area contributed by atoms with Crippen LogP contribution in [0, 0.1) is 17.2 Å². The molecule has 1 aromatic carbocycles. The van der Waals surface area contributed by atoms with E-state index in [2.05, 4.69) is 39.0 Å². The Hall–Kier alpha value is -1.37. The van der Waals surface area contributed by atoms with Crippen molar-refractivity contribution in [3.05, 3.63) is 35.9 Å². The molecule has 1 aliphatic heterocycles. The first-order valence-corrected chi connectivity index (χ1v) is 5.91. The van der Waals surface area contributed by atoms with E-state index < -0.39 is 0 Å². The second kappa shape index (κ2) is 4.48. The van der Waals surface area contributed by atoms with Gasteiger partial charge >= 0.3 is 0 Å². The quantitative estimate of drug-likeness (QED) is 0.744. The normalized spacial score (nSPS) is 25.8. The van der Waals surface area contributed by atoms with Crippen molar-refractivity contribution in [3.63, 3.8) is 0 Å². The molecule has 17 heavy (non-hydrogen) atoms. The zero-order valence-corrected chi connectivity index (χ0v) is 10.6. The molecule has 1 heterocycles. The summed E-state index contributed by atoms with van der Waals surface area (Å²) >= 11 is 0. The van der Waals surface area contributed by atoms with Gasteiger partial charge < -0.3 is 0 Å². The van der Waals surface area contributed by atoms with Crippen LogP contribution in [0.5, 0.6) is 0 Å². The van der Waals surface area contributed by atoms with Crippen LogP contribution >= 0.6 is 0 Å². The Balaban J connectivity index is 2.36. The van der Waals surface area contributed by atoms with Crippen LogP contribution in [0.1, 0.15) is 32.4 Å². The predicted octanol–water partition coefficient (Wildman–Crippen LogP) is 2.91. The van der Waals surface area contributed by atoms with Gasteiger partial charge in [-0.05, 0) is 26.3 Å². The molecule has 2 rings (SSSR count). The SMILES string of the molecule is CC(C)(C)N1OC[C@H](C#N)[C@H]1c1ccccc1. The van der Waals surface area contributed by atoms with E-state index in [9.17, 15) is 5.26 Å². The molecule has 0 radical (unpaired) electrons. The van der Waals surface area contributed by atoms with E-state index >= 15 is 0 Å². The fourth-order valence-corrected chi connectivity index (χ4v) is 2.23. The largest absolute Gasteiger partial charge is 0.296 e. The second-order valence-corrected chi connectivity index (χ2v) is 5.38. The van der Waals surface area contributed by atoms with Crippen LogP contribution < -0.4 is 0 Å². The molecule has 2 atom stereocenters. The van der Waals surface area contributed by atoms with Crippen LogP contribution in [0.15, 0.2) is 30.3 Å². The van der Waals surface area contributed by atoms with Gasteiger partial charge in [0.25, 0.3) is 0 Å². The maximum absolute atomic E-state index is 9.22. The van der Waals surface area contributed by atoms with Gasteiger partial charge in [-0.1, -0.05) is 30.3 Å². The lowest BCUT2D eigenvalue weighted by molar-refractivity contribution is -0.189. The zero-order valence-electron chi connectivity index (χ0n) is 10.6. The first kappa shape index (κ1) is 12.1. The number of nitrogens with zero attached hydrogens (tertiary/aromatic N) is 2. The van der Waals surface area contributed by atoms with Gasteiger partial charge in [0.1, 0.15) is 0 Å². The third-order valence-corrected chi connectivity index (χ3v) is 3.00. The molecule has 0 bridgehead atoms. The zero-order chi connectivity index (χ0) is 12.5. The molecule has 1 aliphatic rings. The minimum Gasteiger partial charge on any atom is -0.296 e. The summed E-state index contributed by atoms with van der Waals surface area (Å²) in [7, 11) is 0. The first-order chi connectivity index (χ1) is 8.04. The molecular formula is C14H18N2O. The average molecular weight is 230 g/mol. The fraction of sp³-hybridized carbons (Fsp3) is 0.500. The smallest absolute Gasteiger partial charge is 0.0936 e. The monoisotopic (exact) mass is 230 g/mol. The summed E-state index contributed by atoms with van der Waals surface area (Å²) in [6, 6.07) is 12.5. The van der Waals surface area contributed by atoms with Crippen molar-refractivity contribution >= 4 is 0 Å². The molecule has 0 aliphatic carbocycles. The Labute approximate surface area is 103 Å². The lowest BCUT2D eigenvalue weighted by atomic mass is 9.93. The van der Waals surface area contributed by atoms with Crippen molar-refractivity contribution in [2.45, 2.75) is 32.4 Å². The van der Waals surface area contributed by atoms with Gasteiger partial charge in [-0.15, -0.1) is 0 Å². The fourth-order valence-electron chi connectivity index (χ4n) is 2.23. The number of rotatable bonds is 1. The highest BCUT2D eigenvalue weighted by atomic mass is 16.7. The summed E-state index contributed by atoms with van der Waals surface area (Å²) < 4.78 is 0. The Morgan fingerprint density at radius 3 is 2.47 bits per heavy atom. The van der Waals surface area contributed by atoms with Gasteiger partial charge in [0, 0.05) is 5.54 Å². The maximum atomic E-state index is 9.22. The maximum Gasteiger partial charge on any atom is 0.0936 e. The Bertz CT molecular complexity index is 416. The average Bonchev–Trinajstić information content (AvgIpc) is 2.73. The van der Waals surface area contributed by atoms with Crippen molar-refractivity contribution < 1.29 is 4.84 Å². The van der Waals surface area contributed by atoms with Crippen LogP contribution in [0.25, 0.3) is 0 Å². The molecule has 0 saturated carbocycles. The van der Waals surface area contributed by atoms with E-state index in [-0.39, 0.29) is 17.5 Å². The summed E-state index contributed by atoms with van der Waals surface area (Å²) in [5, 5.41) is 11.2. The molecule has 0 N–H and O–H groups in total. The third kappa shape index (κ3) is 2.33. The molecule has 90 valence electrons. The van der Waals surface area contributed by atoms with Crippen molar-refractivity contribution in [1.82, 2.24) is 5.06 Å². The molecule has 1 aromatic rings. The number of hydroxylamine groups is 2. The van der Waals surface area contributed by atoms with Gasteiger partial charge in [-0.2, -0.15) is 10.3 Å². The molecule has 0 spiro atoms. The van der Waals surface area contributed by atoms with Crippen molar-refractivity contribution in [1.29, 1.82) is 5.26 Å². The van der Waals surface area contributed by atoms with Gasteiger partial charge in [0.05, 0.1) is 24.6 Å². The second-order valence-electron chi connectivity index (χ2n) is 5.38. The molecule has 1 saturated heterocycles. The first-order valence-electron chi connectivity index (χ1n) is 5.91. The molecule has 1 fully saturated rings. The molecule has 0 unspecified atom stereocenters. The lowest BCUT2D eigenvalue weighted by Gasteiger charge is -2.35. The van der Waals surface area contributed by atoms with Gasteiger partial charge in [-0.3, -0.25) is 4.84 Å². The minimum atomic E-state index is -0.105. The van der Waals surface area contributed by atoms with Crippen LogP contribution in [0.3, 0.4) is 0 Å². The van der Waals surface area contributed by atoms with E-state index in [1.165, 1.54) is 0 Å². The summed E-state index contributed by atoms with van der Waals surface area (Å²) in [4.78, 5) is 5.70. The van der Waals surface area contributed by atoms with Crippen LogP contribution in [-0.4, -0.2) is 17.2 Å². The number of benzene rings is 1. The van der Waals surface area contributed by atoms with Crippen molar-refractivity contribution in [3.8, 4) is 6.07 Å². The standard InChI is InChI=1S/C14H18N2O/c1-14(2,3)16-13(12(9-15)10-17-16)11-7-5-4-6-8-11/h4-8,12-13H,10H2,1-3H3/t12-,13+/m0/s1. The minimum absolute atomic E-state index is 0.0289. The van der Waals surface area contributed by atoms with E-state index in [0.717, 1.165) is 5.56 Å². The Morgan fingerprint density at radius 1 is 1.29 bits per heavy atom. The Kier molecular flexibility index (Phi) is 3.19. The van der Waals surface area contributed by atoms with E-state index in [1.54, 1.807) is 0 Å². The molecule has 0 aromatic heterocycles. The van der Waals surface area contributed by atoms with E-state index in [4.69, 9.17) is 4.84 Å². The van der Waals surface area contributed by atoms with Crippen LogP contribution in [-0.2, 0) is 4.84 Å². The summed E-state index contributed by atoms with van der Waals surface area (Å²) in [5.41, 5.74) is 1.04. The number of nitriles is 1. The molecule has 0 amide bonds. The van der Waals surface area contributed by atoms with Gasteiger partial charge in [-0.25, -0.2) is 0 Å². The van der Waals surface area contributed by atoms with Crippen molar-refractivity contribution in [2.75, 3.05) is 6.61 Å². The van der Waals surface area contributed by atoms with Gasteiger partial charge in [0.2, 0.25) is 0 Å². The lowest BCUT2D eigenvalue weighted by Crippen LogP contribution is -2.40. The van der Waals surface area contributed by atoms with Crippen molar-refractivity contribution in [2.24, 2.45) is 5.92 Å². The predicted molar refractivity (Wildman–Crippen MR) is 65.8 cm³/mol. The molecule has 3 heteroatoms. The topological polar surface area (TPSA) is 36.3 Å². The molecular weight excluding hydrogens is 212 g/mol. The highest BCUT2D eigenvalue weighted by Gasteiger charge is 2.42. The summed E-state index contributed by atoms with van der Waals surface area (Å²) in [6.07, 6.45) is 0. The number of hydrogen-bond acceptors (Lipinski definition) is 3. The van der Waals surface area contributed by atoms with E-state index in [1.807, 2.05) is 23.3 Å². The van der Waals surface area contributed by atoms with Crippen LogP contribution in [0.4, 0.5) is 0 Å².